The average Bonchev–Trinajstić information content (AvgIpc) is 3.05. The van der Waals surface area contributed by atoms with Crippen molar-refractivity contribution in [1.29, 1.82) is 0 Å². The molecule has 0 saturated carbocycles. The second-order valence-corrected chi connectivity index (χ2v) is 4.30. The van der Waals surface area contributed by atoms with Crippen molar-refractivity contribution in [3.05, 3.63) is 29.3 Å². The number of hydrogen-bond donors (Lipinski definition) is 2. The standard InChI is InChI=1S/C11H14N6O/c18-11(12-4-6-17-7-5-13-16-17)10-8-2-1-3-9(8)14-15-10/h5,7H,1-4,6H2,(H,12,18)(H,14,15). The zero-order valence-electron chi connectivity index (χ0n) is 9.89. The van der Waals surface area contributed by atoms with Crippen molar-refractivity contribution in [1.82, 2.24) is 30.5 Å². The van der Waals surface area contributed by atoms with Gasteiger partial charge in [0.25, 0.3) is 5.91 Å². The van der Waals surface area contributed by atoms with Crippen LogP contribution in [-0.2, 0) is 19.4 Å². The summed E-state index contributed by atoms with van der Waals surface area (Å²) in [5, 5.41) is 17.4. The first-order valence-electron chi connectivity index (χ1n) is 6.03. The fourth-order valence-corrected chi connectivity index (χ4v) is 2.23. The van der Waals surface area contributed by atoms with Crippen LogP contribution in [0.25, 0.3) is 0 Å². The predicted molar refractivity (Wildman–Crippen MR) is 63.0 cm³/mol. The second kappa shape index (κ2) is 4.59. The van der Waals surface area contributed by atoms with Gasteiger partial charge in [0.1, 0.15) is 0 Å². The second-order valence-electron chi connectivity index (χ2n) is 4.30. The quantitative estimate of drug-likeness (QED) is 0.789. The van der Waals surface area contributed by atoms with E-state index in [0.29, 0.717) is 18.8 Å². The molecule has 0 bridgehead atoms. The maximum absolute atomic E-state index is 12.0. The zero-order valence-corrected chi connectivity index (χ0v) is 9.89. The molecule has 18 heavy (non-hydrogen) atoms. The van der Waals surface area contributed by atoms with Gasteiger partial charge >= 0.3 is 0 Å². The minimum absolute atomic E-state index is 0.116. The molecule has 0 saturated heterocycles. The van der Waals surface area contributed by atoms with Gasteiger partial charge in [-0.1, -0.05) is 5.21 Å². The molecule has 0 aromatic carbocycles. The number of aryl methyl sites for hydroxylation is 1. The Morgan fingerprint density at radius 1 is 1.50 bits per heavy atom. The summed E-state index contributed by atoms with van der Waals surface area (Å²) in [6, 6.07) is 0. The lowest BCUT2D eigenvalue weighted by Gasteiger charge is -2.03. The molecule has 2 aromatic heterocycles. The molecule has 0 spiro atoms. The molecule has 1 aliphatic rings. The molecule has 0 aliphatic heterocycles. The molecule has 7 nitrogen and oxygen atoms in total. The highest BCUT2D eigenvalue weighted by atomic mass is 16.1. The van der Waals surface area contributed by atoms with Crippen LogP contribution in [0.2, 0.25) is 0 Å². The largest absolute Gasteiger partial charge is 0.349 e. The van der Waals surface area contributed by atoms with E-state index in [1.807, 2.05) is 0 Å². The maximum atomic E-state index is 12.0. The van der Waals surface area contributed by atoms with Crippen LogP contribution in [0, 0.1) is 0 Å². The highest BCUT2D eigenvalue weighted by Gasteiger charge is 2.22. The van der Waals surface area contributed by atoms with Crippen LogP contribution in [0.3, 0.4) is 0 Å². The first kappa shape index (κ1) is 10.9. The van der Waals surface area contributed by atoms with E-state index in [0.717, 1.165) is 30.5 Å². The maximum Gasteiger partial charge on any atom is 0.272 e. The van der Waals surface area contributed by atoms with Crippen LogP contribution in [0.15, 0.2) is 12.4 Å². The lowest BCUT2D eigenvalue weighted by molar-refractivity contribution is 0.0946. The van der Waals surface area contributed by atoms with Crippen molar-refractivity contribution in [3.63, 3.8) is 0 Å². The van der Waals surface area contributed by atoms with Gasteiger partial charge in [-0.05, 0) is 19.3 Å². The van der Waals surface area contributed by atoms with Gasteiger partial charge in [-0.3, -0.25) is 14.6 Å². The van der Waals surface area contributed by atoms with Crippen LogP contribution in [0.4, 0.5) is 0 Å². The van der Waals surface area contributed by atoms with Crippen LogP contribution < -0.4 is 5.32 Å². The monoisotopic (exact) mass is 246 g/mol. The molecule has 0 unspecified atom stereocenters. The van der Waals surface area contributed by atoms with Crippen molar-refractivity contribution in [3.8, 4) is 0 Å². The molecular formula is C11H14N6O. The molecule has 0 fully saturated rings. The Morgan fingerprint density at radius 2 is 2.44 bits per heavy atom. The Balaban J connectivity index is 1.58. The first-order valence-corrected chi connectivity index (χ1v) is 6.03. The number of carbonyl (C=O) groups excluding carboxylic acids is 1. The van der Waals surface area contributed by atoms with Gasteiger partial charge in [0.05, 0.1) is 12.7 Å². The van der Waals surface area contributed by atoms with Gasteiger partial charge in [-0.15, -0.1) is 5.10 Å². The van der Waals surface area contributed by atoms with Crippen molar-refractivity contribution < 1.29 is 4.79 Å². The molecule has 2 N–H and O–H groups in total. The van der Waals surface area contributed by atoms with Gasteiger partial charge in [0.15, 0.2) is 5.69 Å². The van der Waals surface area contributed by atoms with E-state index in [-0.39, 0.29) is 5.91 Å². The van der Waals surface area contributed by atoms with Crippen molar-refractivity contribution in [2.45, 2.75) is 25.8 Å². The number of fused-ring (bicyclic) bond motifs is 1. The lowest BCUT2D eigenvalue weighted by atomic mass is 10.2. The van der Waals surface area contributed by atoms with Gasteiger partial charge in [0, 0.05) is 24.0 Å². The highest BCUT2D eigenvalue weighted by molar-refractivity contribution is 5.94. The summed E-state index contributed by atoms with van der Waals surface area (Å²) in [5.74, 6) is -0.116. The highest BCUT2D eigenvalue weighted by Crippen LogP contribution is 2.22. The zero-order chi connectivity index (χ0) is 12.4. The summed E-state index contributed by atoms with van der Waals surface area (Å²) in [5.41, 5.74) is 2.73. The number of aromatic nitrogens is 5. The Kier molecular flexibility index (Phi) is 2.79. The van der Waals surface area contributed by atoms with Gasteiger partial charge in [-0.2, -0.15) is 5.10 Å². The minimum Gasteiger partial charge on any atom is -0.349 e. The number of amides is 1. The van der Waals surface area contributed by atoms with E-state index in [4.69, 9.17) is 0 Å². The summed E-state index contributed by atoms with van der Waals surface area (Å²) in [6.45, 7) is 1.13. The van der Waals surface area contributed by atoms with E-state index in [9.17, 15) is 4.79 Å². The Labute approximate surface area is 104 Å². The average molecular weight is 246 g/mol. The van der Waals surface area contributed by atoms with Crippen molar-refractivity contribution in [2.75, 3.05) is 6.54 Å². The fraction of sp³-hybridized carbons (Fsp3) is 0.455. The summed E-state index contributed by atoms with van der Waals surface area (Å²) in [4.78, 5) is 12.0. The molecular weight excluding hydrogens is 232 g/mol. The molecule has 3 rings (SSSR count). The molecule has 7 heteroatoms. The van der Waals surface area contributed by atoms with Crippen LogP contribution in [-0.4, -0.2) is 37.6 Å². The number of H-pyrrole nitrogens is 1. The third-order valence-corrected chi connectivity index (χ3v) is 3.12. The SMILES string of the molecule is O=C(NCCn1ccnn1)c1n[nH]c2c1CCC2. The van der Waals surface area contributed by atoms with Crippen molar-refractivity contribution >= 4 is 5.91 Å². The third-order valence-electron chi connectivity index (χ3n) is 3.12. The molecule has 1 amide bonds. The van der Waals surface area contributed by atoms with E-state index in [1.165, 1.54) is 0 Å². The smallest absolute Gasteiger partial charge is 0.272 e. The van der Waals surface area contributed by atoms with Crippen LogP contribution in [0.1, 0.15) is 28.2 Å². The lowest BCUT2D eigenvalue weighted by Crippen LogP contribution is -2.28. The topological polar surface area (TPSA) is 88.5 Å². The van der Waals surface area contributed by atoms with Crippen LogP contribution in [0.5, 0.6) is 0 Å². The third kappa shape index (κ3) is 1.99. The fourth-order valence-electron chi connectivity index (χ4n) is 2.23. The molecule has 94 valence electrons. The minimum atomic E-state index is -0.116. The van der Waals surface area contributed by atoms with Crippen LogP contribution >= 0.6 is 0 Å². The normalized spacial score (nSPS) is 13.6. The van der Waals surface area contributed by atoms with Crippen molar-refractivity contribution in [2.24, 2.45) is 0 Å². The Hall–Kier alpha value is -2.18. The summed E-state index contributed by atoms with van der Waals surface area (Å²) < 4.78 is 1.68. The molecule has 0 radical (unpaired) electrons. The van der Waals surface area contributed by atoms with E-state index < -0.39 is 0 Å². The molecule has 0 atom stereocenters. The number of hydrogen-bond acceptors (Lipinski definition) is 4. The van der Waals surface area contributed by atoms with E-state index >= 15 is 0 Å². The Bertz CT molecular complexity index is 544. The predicted octanol–water partition coefficient (Wildman–Crippen LogP) is -0.0801. The van der Waals surface area contributed by atoms with E-state index in [2.05, 4.69) is 25.8 Å². The Morgan fingerprint density at radius 3 is 3.28 bits per heavy atom. The van der Waals surface area contributed by atoms with E-state index in [1.54, 1.807) is 17.1 Å². The number of carbonyl (C=O) groups is 1. The molecule has 2 heterocycles. The first-order chi connectivity index (χ1) is 8.84. The number of nitrogens with one attached hydrogen (secondary N) is 2. The number of rotatable bonds is 4. The van der Waals surface area contributed by atoms with Gasteiger partial charge in [-0.25, -0.2) is 0 Å². The van der Waals surface area contributed by atoms with Gasteiger partial charge in [0.2, 0.25) is 0 Å². The number of aromatic amines is 1. The summed E-state index contributed by atoms with van der Waals surface area (Å²) in [7, 11) is 0. The molecule has 2 aromatic rings. The number of nitrogens with zero attached hydrogens (tertiary/aromatic N) is 4. The van der Waals surface area contributed by atoms with Gasteiger partial charge < -0.3 is 5.32 Å². The summed E-state index contributed by atoms with van der Waals surface area (Å²) >= 11 is 0. The molecule has 1 aliphatic carbocycles. The summed E-state index contributed by atoms with van der Waals surface area (Å²) in [6.07, 6.45) is 6.41.